The Bertz CT molecular complexity index is 801. The average molecular weight is 366 g/mol. The molecule has 0 unspecified atom stereocenters. The van der Waals surface area contributed by atoms with Gasteiger partial charge < -0.3 is 4.74 Å². The summed E-state index contributed by atoms with van der Waals surface area (Å²) in [6.45, 7) is 0. The largest absolute Gasteiger partial charge is 0.469 e. The lowest BCUT2D eigenvalue weighted by atomic mass is 9.80. The third-order valence-electron chi connectivity index (χ3n) is 6.60. The molecule has 3 nitrogen and oxygen atoms in total. The normalized spacial score (nSPS) is 19.3. The molecule has 144 valence electrons. The van der Waals surface area contributed by atoms with Crippen molar-refractivity contribution in [2.75, 3.05) is 7.11 Å². The van der Waals surface area contributed by atoms with E-state index in [0.717, 1.165) is 11.1 Å². The van der Waals surface area contributed by atoms with Crippen LogP contribution in [0.4, 0.5) is 0 Å². The number of carbonyl (C=O) groups excluding carboxylic acids is 1. The number of benzene rings is 1. The topological polar surface area (TPSA) is 39.2 Å². The predicted molar refractivity (Wildman–Crippen MR) is 109 cm³/mol. The summed E-state index contributed by atoms with van der Waals surface area (Å²) in [4.78, 5) is 17.3. The van der Waals surface area contributed by atoms with Crippen molar-refractivity contribution < 1.29 is 9.53 Å². The molecule has 0 saturated heterocycles. The molecule has 0 aliphatic heterocycles. The highest BCUT2D eigenvalue weighted by Gasteiger charge is 2.23. The van der Waals surface area contributed by atoms with Crippen molar-refractivity contribution in [2.45, 2.75) is 82.5 Å². The molecular formula is C24H31NO2. The number of ether oxygens (including phenoxy) is 1. The van der Waals surface area contributed by atoms with Crippen LogP contribution >= 0.6 is 0 Å². The maximum absolute atomic E-state index is 12.2. The van der Waals surface area contributed by atoms with Crippen LogP contribution in [0.15, 0.2) is 24.3 Å². The molecule has 1 heterocycles. The van der Waals surface area contributed by atoms with E-state index < -0.39 is 0 Å². The Balaban J connectivity index is 1.81. The third-order valence-corrected chi connectivity index (χ3v) is 6.60. The predicted octanol–water partition coefficient (Wildman–Crippen LogP) is 6.05. The molecule has 0 spiro atoms. The molecule has 1 aromatic carbocycles. The molecule has 3 heteroatoms. The SMILES string of the molecule is COC(=O)Cc1cc(C2CCCCC2)nc2cccc(C3CCCCC3)c12. The first-order chi connectivity index (χ1) is 13.3. The zero-order valence-corrected chi connectivity index (χ0v) is 16.5. The molecule has 0 amide bonds. The minimum Gasteiger partial charge on any atom is -0.469 e. The van der Waals surface area contributed by atoms with Gasteiger partial charge in [0.25, 0.3) is 0 Å². The van der Waals surface area contributed by atoms with Crippen molar-refractivity contribution in [3.63, 3.8) is 0 Å². The molecule has 2 saturated carbocycles. The van der Waals surface area contributed by atoms with Crippen molar-refractivity contribution in [3.8, 4) is 0 Å². The monoisotopic (exact) mass is 365 g/mol. The van der Waals surface area contributed by atoms with Crippen LogP contribution in [0.5, 0.6) is 0 Å². The highest BCUT2D eigenvalue weighted by Crippen LogP contribution is 2.39. The van der Waals surface area contributed by atoms with Gasteiger partial charge in [0, 0.05) is 17.0 Å². The van der Waals surface area contributed by atoms with Gasteiger partial charge in [0.05, 0.1) is 19.0 Å². The third kappa shape index (κ3) is 4.02. The second kappa shape index (κ2) is 8.41. The zero-order valence-electron chi connectivity index (χ0n) is 16.5. The van der Waals surface area contributed by atoms with Gasteiger partial charge in [0.15, 0.2) is 0 Å². The van der Waals surface area contributed by atoms with Crippen LogP contribution in [0.3, 0.4) is 0 Å². The minimum absolute atomic E-state index is 0.157. The van der Waals surface area contributed by atoms with Crippen molar-refractivity contribution in [3.05, 3.63) is 41.1 Å². The van der Waals surface area contributed by atoms with E-state index in [0.29, 0.717) is 18.3 Å². The lowest BCUT2D eigenvalue weighted by Gasteiger charge is -2.26. The van der Waals surface area contributed by atoms with Crippen LogP contribution < -0.4 is 0 Å². The van der Waals surface area contributed by atoms with Gasteiger partial charge in [-0.3, -0.25) is 9.78 Å². The van der Waals surface area contributed by atoms with Gasteiger partial charge in [-0.2, -0.15) is 0 Å². The quantitative estimate of drug-likeness (QED) is 0.620. The Labute approximate surface area is 162 Å². The van der Waals surface area contributed by atoms with E-state index in [-0.39, 0.29) is 5.97 Å². The number of esters is 1. The molecule has 1 aromatic heterocycles. The van der Waals surface area contributed by atoms with Gasteiger partial charge in [-0.25, -0.2) is 0 Å². The van der Waals surface area contributed by atoms with Crippen molar-refractivity contribution in [1.29, 1.82) is 0 Å². The van der Waals surface area contributed by atoms with Crippen molar-refractivity contribution in [2.24, 2.45) is 0 Å². The highest BCUT2D eigenvalue weighted by molar-refractivity contribution is 5.90. The number of carbonyl (C=O) groups is 1. The van der Waals surface area contributed by atoms with Gasteiger partial charge in [-0.05, 0) is 54.9 Å². The number of fused-ring (bicyclic) bond motifs is 1. The maximum Gasteiger partial charge on any atom is 0.310 e. The summed E-state index contributed by atoms with van der Waals surface area (Å²) >= 11 is 0. The van der Waals surface area contributed by atoms with Crippen LogP contribution in [-0.2, 0) is 16.0 Å². The van der Waals surface area contributed by atoms with E-state index in [1.165, 1.54) is 88.0 Å². The Hall–Kier alpha value is -1.90. The number of pyridine rings is 1. The molecule has 0 radical (unpaired) electrons. The number of rotatable bonds is 4. The molecule has 0 N–H and O–H groups in total. The van der Waals surface area contributed by atoms with Crippen LogP contribution in [0.25, 0.3) is 10.9 Å². The van der Waals surface area contributed by atoms with E-state index in [1.54, 1.807) is 0 Å². The first-order valence-corrected chi connectivity index (χ1v) is 10.8. The van der Waals surface area contributed by atoms with Crippen LogP contribution in [0, 0.1) is 0 Å². The fraction of sp³-hybridized carbons (Fsp3) is 0.583. The minimum atomic E-state index is -0.157. The second-order valence-corrected chi connectivity index (χ2v) is 8.37. The van der Waals surface area contributed by atoms with Crippen LogP contribution in [-0.4, -0.2) is 18.1 Å². The molecule has 2 aliphatic rings. The fourth-order valence-electron chi connectivity index (χ4n) is 5.15. The summed E-state index contributed by atoms with van der Waals surface area (Å²) in [5, 5.41) is 1.22. The summed E-state index contributed by atoms with van der Waals surface area (Å²) in [5.41, 5.74) is 4.77. The molecule has 27 heavy (non-hydrogen) atoms. The Morgan fingerprint density at radius 1 is 1.00 bits per heavy atom. The van der Waals surface area contributed by atoms with Crippen LogP contribution in [0.1, 0.15) is 92.9 Å². The van der Waals surface area contributed by atoms with Gasteiger partial charge >= 0.3 is 5.97 Å². The van der Waals surface area contributed by atoms with Crippen LogP contribution in [0.2, 0.25) is 0 Å². The van der Waals surface area contributed by atoms with E-state index in [1.807, 2.05) is 0 Å². The molecule has 2 fully saturated rings. The highest BCUT2D eigenvalue weighted by atomic mass is 16.5. The summed E-state index contributed by atoms with van der Waals surface area (Å²) < 4.78 is 5.01. The number of hydrogen-bond acceptors (Lipinski definition) is 3. The number of aromatic nitrogens is 1. The first kappa shape index (κ1) is 18.5. The summed E-state index contributed by atoms with van der Waals surface area (Å²) in [5.74, 6) is 0.981. The number of methoxy groups -OCH3 is 1. The summed E-state index contributed by atoms with van der Waals surface area (Å²) in [7, 11) is 1.48. The van der Waals surface area contributed by atoms with Crippen molar-refractivity contribution >= 4 is 16.9 Å². The Morgan fingerprint density at radius 2 is 1.67 bits per heavy atom. The van der Waals surface area contributed by atoms with Gasteiger partial charge in [0.1, 0.15) is 0 Å². The summed E-state index contributed by atoms with van der Waals surface area (Å²) in [6, 6.07) is 8.78. The lowest BCUT2D eigenvalue weighted by Crippen LogP contribution is -2.12. The van der Waals surface area contributed by atoms with Gasteiger partial charge in [-0.15, -0.1) is 0 Å². The van der Waals surface area contributed by atoms with E-state index in [2.05, 4.69) is 24.3 Å². The fourth-order valence-corrected chi connectivity index (χ4v) is 5.15. The lowest BCUT2D eigenvalue weighted by molar-refractivity contribution is -0.139. The number of nitrogens with zero attached hydrogens (tertiary/aromatic N) is 1. The Kier molecular flexibility index (Phi) is 5.75. The summed E-state index contributed by atoms with van der Waals surface area (Å²) in [6.07, 6.45) is 13.2. The molecular weight excluding hydrogens is 334 g/mol. The molecule has 0 atom stereocenters. The van der Waals surface area contributed by atoms with E-state index in [4.69, 9.17) is 9.72 Å². The second-order valence-electron chi connectivity index (χ2n) is 8.37. The number of hydrogen-bond donors (Lipinski definition) is 0. The molecule has 2 aromatic rings. The average Bonchev–Trinajstić information content (AvgIpc) is 2.74. The van der Waals surface area contributed by atoms with E-state index in [9.17, 15) is 4.79 Å². The standard InChI is InChI=1S/C24H31NO2/c1-27-23(26)16-19-15-22(18-11-6-3-7-12-18)25-21-14-8-13-20(24(19)21)17-9-4-2-5-10-17/h8,13-15,17-18H,2-7,9-12,16H2,1H3. The smallest absolute Gasteiger partial charge is 0.310 e. The van der Waals surface area contributed by atoms with Gasteiger partial charge in [-0.1, -0.05) is 50.7 Å². The van der Waals surface area contributed by atoms with E-state index >= 15 is 0 Å². The molecule has 4 rings (SSSR count). The molecule has 2 aliphatic carbocycles. The van der Waals surface area contributed by atoms with Crippen molar-refractivity contribution in [1.82, 2.24) is 4.98 Å². The maximum atomic E-state index is 12.2. The zero-order chi connectivity index (χ0) is 18.6. The first-order valence-electron chi connectivity index (χ1n) is 10.8. The molecule has 0 bridgehead atoms. The van der Waals surface area contributed by atoms with Gasteiger partial charge in [0.2, 0.25) is 0 Å². The Morgan fingerprint density at radius 3 is 2.33 bits per heavy atom.